The van der Waals surface area contributed by atoms with Crippen molar-refractivity contribution in [1.29, 1.82) is 5.26 Å². The second-order valence-electron chi connectivity index (χ2n) is 3.98. The van der Waals surface area contributed by atoms with E-state index >= 15 is 0 Å². The van der Waals surface area contributed by atoms with Crippen LogP contribution in [0.3, 0.4) is 0 Å². The summed E-state index contributed by atoms with van der Waals surface area (Å²) in [6, 6.07) is 13.0. The molecule has 0 bridgehead atoms. The summed E-state index contributed by atoms with van der Waals surface area (Å²) in [6.45, 7) is 0. The molecule has 0 aliphatic heterocycles. The van der Waals surface area contributed by atoms with Gasteiger partial charge in [0.05, 0.1) is 22.0 Å². The first kappa shape index (κ1) is 13.7. The molecule has 20 heavy (non-hydrogen) atoms. The second kappa shape index (κ2) is 5.95. The third-order valence-electron chi connectivity index (χ3n) is 2.53. The minimum atomic E-state index is -0.487. The molecule has 2 rings (SSSR count). The predicted molar refractivity (Wildman–Crippen MR) is 79.7 cm³/mol. The number of carbonyl (C=O) groups is 1. The zero-order valence-corrected chi connectivity index (χ0v) is 11.1. The molecular weight excluding hydrogens is 276 g/mol. The maximum atomic E-state index is 11.9. The monoisotopic (exact) mass is 286 g/mol. The molecule has 4 N–H and O–H groups in total. The van der Waals surface area contributed by atoms with Crippen LogP contribution in [0.2, 0.25) is 5.02 Å². The first-order chi connectivity index (χ1) is 9.60. The van der Waals surface area contributed by atoms with Gasteiger partial charge in [-0.3, -0.25) is 0 Å². The van der Waals surface area contributed by atoms with Crippen LogP contribution >= 0.6 is 11.6 Å². The Hall–Kier alpha value is -2.71. The summed E-state index contributed by atoms with van der Waals surface area (Å²) in [5, 5.41) is 14.6. The highest BCUT2D eigenvalue weighted by Gasteiger charge is 2.08. The van der Waals surface area contributed by atoms with Gasteiger partial charge in [-0.05, 0) is 30.3 Å². The molecule has 2 aromatic carbocycles. The average molecular weight is 287 g/mol. The fraction of sp³-hybridized carbons (Fsp3) is 0. The first-order valence-corrected chi connectivity index (χ1v) is 6.10. The molecule has 0 heterocycles. The number of urea groups is 1. The standard InChI is InChI=1S/C14H11ClN4O/c15-11-3-1-2-4-13(11)19-14(20)18-12-6-5-10(17)7-9(12)8-16/h1-7H,17H2,(H2,18,19,20). The number of nitrogens with two attached hydrogens (primary N) is 1. The highest BCUT2D eigenvalue weighted by molar-refractivity contribution is 6.33. The lowest BCUT2D eigenvalue weighted by Crippen LogP contribution is -2.20. The van der Waals surface area contributed by atoms with Crippen LogP contribution in [0.15, 0.2) is 42.5 Å². The summed E-state index contributed by atoms with van der Waals surface area (Å²) in [4.78, 5) is 11.9. The number of nitriles is 1. The summed E-state index contributed by atoms with van der Waals surface area (Å²) >= 11 is 5.94. The van der Waals surface area contributed by atoms with Gasteiger partial charge >= 0.3 is 6.03 Å². The van der Waals surface area contributed by atoms with Crippen molar-refractivity contribution < 1.29 is 4.79 Å². The van der Waals surface area contributed by atoms with Crippen LogP contribution in [-0.4, -0.2) is 6.03 Å². The van der Waals surface area contributed by atoms with Gasteiger partial charge in [0, 0.05) is 5.69 Å². The van der Waals surface area contributed by atoms with Crippen LogP contribution in [0.1, 0.15) is 5.56 Å². The Morgan fingerprint density at radius 1 is 1.15 bits per heavy atom. The quantitative estimate of drug-likeness (QED) is 0.739. The minimum Gasteiger partial charge on any atom is -0.399 e. The maximum absolute atomic E-state index is 11.9. The Bertz CT molecular complexity index is 694. The number of para-hydroxylation sites is 1. The van der Waals surface area contributed by atoms with Crippen LogP contribution in [0.4, 0.5) is 21.9 Å². The van der Waals surface area contributed by atoms with E-state index in [0.717, 1.165) is 0 Å². The van der Waals surface area contributed by atoms with E-state index in [1.807, 2.05) is 6.07 Å². The van der Waals surface area contributed by atoms with Crippen molar-refractivity contribution in [3.63, 3.8) is 0 Å². The molecule has 5 nitrogen and oxygen atoms in total. The van der Waals surface area contributed by atoms with E-state index in [2.05, 4.69) is 10.6 Å². The number of benzene rings is 2. The van der Waals surface area contributed by atoms with Gasteiger partial charge in [-0.1, -0.05) is 23.7 Å². The summed E-state index contributed by atoms with van der Waals surface area (Å²) in [5.74, 6) is 0. The number of carbonyl (C=O) groups excluding carboxylic acids is 1. The molecule has 0 aromatic heterocycles. The average Bonchev–Trinajstić information content (AvgIpc) is 2.43. The van der Waals surface area contributed by atoms with E-state index in [1.165, 1.54) is 6.07 Å². The van der Waals surface area contributed by atoms with Gasteiger partial charge in [0.15, 0.2) is 0 Å². The van der Waals surface area contributed by atoms with E-state index in [0.29, 0.717) is 27.6 Å². The van der Waals surface area contributed by atoms with Gasteiger partial charge < -0.3 is 16.4 Å². The zero-order chi connectivity index (χ0) is 14.5. The Morgan fingerprint density at radius 3 is 2.55 bits per heavy atom. The van der Waals surface area contributed by atoms with Crippen molar-refractivity contribution >= 4 is 34.7 Å². The molecule has 0 saturated carbocycles. The van der Waals surface area contributed by atoms with Gasteiger partial charge in [-0.2, -0.15) is 5.26 Å². The third-order valence-corrected chi connectivity index (χ3v) is 2.86. The molecule has 0 unspecified atom stereocenters. The van der Waals surface area contributed by atoms with Crippen molar-refractivity contribution in [3.05, 3.63) is 53.1 Å². The van der Waals surface area contributed by atoms with E-state index in [4.69, 9.17) is 22.6 Å². The van der Waals surface area contributed by atoms with Crippen molar-refractivity contribution in [2.45, 2.75) is 0 Å². The molecule has 0 atom stereocenters. The first-order valence-electron chi connectivity index (χ1n) is 5.72. The third kappa shape index (κ3) is 3.19. The lowest BCUT2D eigenvalue weighted by molar-refractivity contribution is 0.262. The molecule has 0 aliphatic rings. The molecule has 0 fully saturated rings. The summed E-state index contributed by atoms with van der Waals surface area (Å²) < 4.78 is 0. The molecule has 0 aliphatic carbocycles. The molecule has 0 spiro atoms. The number of nitrogen functional groups attached to an aromatic ring is 1. The van der Waals surface area contributed by atoms with Gasteiger partial charge in [0.2, 0.25) is 0 Å². The van der Waals surface area contributed by atoms with E-state index in [-0.39, 0.29) is 0 Å². The lowest BCUT2D eigenvalue weighted by Gasteiger charge is -2.10. The molecule has 2 aromatic rings. The van der Waals surface area contributed by atoms with Crippen LogP contribution in [0.25, 0.3) is 0 Å². The summed E-state index contributed by atoms with van der Waals surface area (Å²) in [5.41, 5.74) is 7.20. The number of nitrogens with one attached hydrogen (secondary N) is 2. The molecule has 2 amide bonds. The lowest BCUT2D eigenvalue weighted by atomic mass is 10.2. The molecular formula is C14H11ClN4O. The van der Waals surface area contributed by atoms with Gasteiger partial charge in [0.25, 0.3) is 0 Å². The van der Waals surface area contributed by atoms with Gasteiger partial charge in [0.1, 0.15) is 6.07 Å². The molecule has 100 valence electrons. The Kier molecular flexibility index (Phi) is 4.08. The van der Waals surface area contributed by atoms with Crippen LogP contribution in [-0.2, 0) is 0 Å². The summed E-state index contributed by atoms with van der Waals surface area (Å²) in [7, 11) is 0. The smallest absolute Gasteiger partial charge is 0.323 e. The van der Waals surface area contributed by atoms with Gasteiger partial charge in [-0.25, -0.2) is 4.79 Å². The summed E-state index contributed by atoms with van der Waals surface area (Å²) in [6.07, 6.45) is 0. The highest BCUT2D eigenvalue weighted by atomic mass is 35.5. The number of anilines is 3. The highest BCUT2D eigenvalue weighted by Crippen LogP contribution is 2.22. The van der Waals surface area contributed by atoms with Crippen LogP contribution in [0, 0.1) is 11.3 Å². The number of nitrogens with zero attached hydrogens (tertiary/aromatic N) is 1. The largest absolute Gasteiger partial charge is 0.399 e. The Labute approximate surface area is 121 Å². The molecule has 0 saturated heterocycles. The number of hydrogen-bond acceptors (Lipinski definition) is 3. The minimum absolute atomic E-state index is 0.291. The van der Waals surface area contributed by atoms with Crippen molar-refractivity contribution in [1.82, 2.24) is 0 Å². The van der Waals surface area contributed by atoms with E-state index < -0.39 is 6.03 Å². The van der Waals surface area contributed by atoms with Crippen LogP contribution in [0.5, 0.6) is 0 Å². The Balaban J connectivity index is 2.13. The van der Waals surface area contributed by atoms with E-state index in [1.54, 1.807) is 36.4 Å². The van der Waals surface area contributed by atoms with Crippen LogP contribution < -0.4 is 16.4 Å². The Morgan fingerprint density at radius 2 is 1.85 bits per heavy atom. The number of halogens is 1. The van der Waals surface area contributed by atoms with Crippen molar-refractivity contribution in [3.8, 4) is 6.07 Å². The second-order valence-corrected chi connectivity index (χ2v) is 4.38. The van der Waals surface area contributed by atoms with Crippen molar-refractivity contribution in [2.24, 2.45) is 0 Å². The maximum Gasteiger partial charge on any atom is 0.323 e. The number of rotatable bonds is 2. The topological polar surface area (TPSA) is 90.9 Å². The number of amides is 2. The SMILES string of the molecule is N#Cc1cc(N)ccc1NC(=O)Nc1ccccc1Cl. The predicted octanol–water partition coefficient (Wildman–Crippen LogP) is 3.44. The fourth-order valence-electron chi connectivity index (χ4n) is 1.60. The zero-order valence-electron chi connectivity index (χ0n) is 10.4. The fourth-order valence-corrected chi connectivity index (χ4v) is 1.78. The molecule has 6 heteroatoms. The number of hydrogen-bond donors (Lipinski definition) is 3. The normalized spacial score (nSPS) is 9.60. The molecule has 0 radical (unpaired) electrons. The van der Waals surface area contributed by atoms with Gasteiger partial charge in [-0.15, -0.1) is 0 Å². The van der Waals surface area contributed by atoms with Crippen molar-refractivity contribution in [2.75, 3.05) is 16.4 Å². The van der Waals surface area contributed by atoms with E-state index in [9.17, 15) is 4.79 Å².